The lowest BCUT2D eigenvalue weighted by molar-refractivity contribution is -0.160. The molecule has 2 aliphatic heterocycles. The van der Waals surface area contributed by atoms with Crippen LogP contribution in [0.2, 0.25) is 0 Å². The van der Waals surface area contributed by atoms with Crippen molar-refractivity contribution in [3.8, 4) is 0 Å². The van der Waals surface area contributed by atoms with E-state index in [1.165, 1.54) is 12.1 Å². The number of ether oxygens (including phenoxy) is 2. The number of carbonyl (C=O) groups excluding carboxylic acids is 1. The number of rotatable bonds is 3. The number of carbonyl (C=O) groups is 1. The molecule has 0 N–H and O–H groups in total. The molecule has 1 aromatic carbocycles. The highest BCUT2D eigenvalue weighted by Crippen LogP contribution is 2.36. The minimum Gasteiger partial charge on any atom is -0.378 e. The number of likely N-dealkylation sites (tertiary alicyclic amines) is 1. The van der Waals surface area contributed by atoms with Crippen LogP contribution in [0.25, 0.3) is 0 Å². The van der Waals surface area contributed by atoms with Crippen molar-refractivity contribution in [3.05, 3.63) is 35.1 Å². The highest BCUT2D eigenvalue weighted by molar-refractivity contribution is 5.79. The average molecular weight is 321 g/mol. The molecule has 0 bridgehead atoms. The van der Waals surface area contributed by atoms with E-state index in [4.69, 9.17) is 9.47 Å². The summed E-state index contributed by atoms with van der Waals surface area (Å²) in [5.41, 5.74) is 1.35. The highest BCUT2D eigenvalue weighted by Gasteiger charge is 2.48. The largest absolute Gasteiger partial charge is 0.378 e. The first-order valence-electron chi connectivity index (χ1n) is 8.24. The van der Waals surface area contributed by atoms with Gasteiger partial charge in [-0.15, -0.1) is 0 Å². The van der Waals surface area contributed by atoms with Crippen molar-refractivity contribution in [2.45, 2.75) is 44.3 Å². The normalized spacial score (nSPS) is 27.6. The van der Waals surface area contributed by atoms with E-state index in [1.807, 2.05) is 11.8 Å². The molecule has 2 fully saturated rings. The van der Waals surface area contributed by atoms with Crippen molar-refractivity contribution >= 4 is 5.91 Å². The van der Waals surface area contributed by atoms with Gasteiger partial charge in [-0.05, 0) is 49.4 Å². The molecule has 0 aromatic heterocycles. The van der Waals surface area contributed by atoms with E-state index in [-0.39, 0.29) is 23.4 Å². The molecule has 0 aliphatic carbocycles. The van der Waals surface area contributed by atoms with Crippen LogP contribution in [0.3, 0.4) is 0 Å². The Kier molecular flexibility index (Phi) is 4.69. The molecule has 1 amide bonds. The zero-order valence-electron chi connectivity index (χ0n) is 13.8. The molecule has 126 valence electrons. The maximum Gasteiger partial charge on any atom is 0.227 e. The van der Waals surface area contributed by atoms with Gasteiger partial charge in [-0.25, -0.2) is 4.39 Å². The lowest BCUT2D eigenvalue weighted by Crippen LogP contribution is -2.58. The van der Waals surface area contributed by atoms with E-state index in [1.54, 1.807) is 13.2 Å². The molecule has 4 nitrogen and oxygen atoms in total. The van der Waals surface area contributed by atoms with Crippen molar-refractivity contribution in [1.82, 2.24) is 4.90 Å². The lowest BCUT2D eigenvalue weighted by Gasteiger charge is -2.44. The van der Waals surface area contributed by atoms with Crippen molar-refractivity contribution in [1.29, 1.82) is 0 Å². The minimum absolute atomic E-state index is 0.0570. The van der Waals surface area contributed by atoms with Gasteiger partial charge in [0.15, 0.2) is 0 Å². The molecule has 3 rings (SSSR count). The van der Waals surface area contributed by atoms with Crippen LogP contribution >= 0.6 is 0 Å². The van der Waals surface area contributed by atoms with Crippen LogP contribution in [0.15, 0.2) is 18.2 Å². The summed E-state index contributed by atoms with van der Waals surface area (Å²) in [6.45, 7) is 3.84. The smallest absolute Gasteiger partial charge is 0.227 e. The molecule has 0 saturated carbocycles. The summed E-state index contributed by atoms with van der Waals surface area (Å²) in [5, 5.41) is 0. The van der Waals surface area contributed by atoms with Gasteiger partial charge in [-0.1, -0.05) is 6.07 Å². The monoisotopic (exact) mass is 321 g/mol. The Balaban J connectivity index is 1.70. The number of piperidine rings is 1. The lowest BCUT2D eigenvalue weighted by atomic mass is 9.86. The first kappa shape index (κ1) is 16.4. The molecule has 2 aliphatic rings. The second-order valence-electron chi connectivity index (χ2n) is 6.59. The van der Waals surface area contributed by atoms with E-state index in [2.05, 4.69) is 0 Å². The highest BCUT2D eigenvalue weighted by atomic mass is 19.1. The zero-order valence-corrected chi connectivity index (χ0v) is 13.8. The Morgan fingerprint density at radius 3 is 3.00 bits per heavy atom. The molecule has 1 spiro atoms. The van der Waals surface area contributed by atoms with Crippen LogP contribution in [-0.4, -0.2) is 49.3 Å². The summed E-state index contributed by atoms with van der Waals surface area (Å²) in [6.07, 6.45) is 3.11. The summed E-state index contributed by atoms with van der Waals surface area (Å²) in [5.74, 6) is -0.193. The fourth-order valence-electron chi connectivity index (χ4n) is 3.82. The standard InChI is InChI=1S/C18H24FNO3/c1-13-10-15(19)5-4-14(13)11-17(21)20-8-6-16(22-2)18(12-20)7-3-9-23-18/h4-5,10,16H,3,6-9,11-12H2,1-2H3/t16-,18-/m0/s1. The van der Waals surface area contributed by atoms with Gasteiger partial charge in [0.25, 0.3) is 0 Å². The molecule has 23 heavy (non-hydrogen) atoms. The maximum absolute atomic E-state index is 13.2. The molecule has 2 heterocycles. The Morgan fingerprint density at radius 2 is 2.35 bits per heavy atom. The average Bonchev–Trinajstić information content (AvgIpc) is 2.98. The molecule has 0 radical (unpaired) electrons. The predicted octanol–water partition coefficient (Wildman–Crippen LogP) is 2.47. The SMILES string of the molecule is CO[C@H]1CCN(C(=O)Cc2ccc(F)cc2C)C[C@@]12CCCO2. The van der Waals surface area contributed by atoms with Crippen LogP contribution in [0.5, 0.6) is 0 Å². The van der Waals surface area contributed by atoms with Gasteiger partial charge >= 0.3 is 0 Å². The van der Waals surface area contributed by atoms with Crippen LogP contribution in [0.1, 0.15) is 30.4 Å². The first-order chi connectivity index (χ1) is 11.0. The fourth-order valence-corrected chi connectivity index (χ4v) is 3.82. The van der Waals surface area contributed by atoms with Gasteiger partial charge in [0.2, 0.25) is 5.91 Å². The Hall–Kier alpha value is -1.46. The molecule has 0 unspecified atom stereocenters. The topological polar surface area (TPSA) is 38.8 Å². The van der Waals surface area contributed by atoms with E-state index < -0.39 is 0 Å². The summed E-state index contributed by atoms with van der Waals surface area (Å²) in [4.78, 5) is 14.6. The van der Waals surface area contributed by atoms with Crippen molar-refractivity contribution in [2.24, 2.45) is 0 Å². The molecular weight excluding hydrogens is 297 g/mol. The van der Waals surface area contributed by atoms with E-state index in [9.17, 15) is 9.18 Å². The fraction of sp³-hybridized carbons (Fsp3) is 0.611. The van der Waals surface area contributed by atoms with Crippen LogP contribution in [0, 0.1) is 12.7 Å². The third-order valence-electron chi connectivity index (χ3n) is 5.12. The van der Waals surface area contributed by atoms with Gasteiger partial charge in [0.1, 0.15) is 11.4 Å². The van der Waals surface area contributed by atoms with E-state index in [0.717, 1.165) is 37.0 Å². The molecule has 2 atom stereocenters. The maximum atomic E-state index is 13.2. The van der Waals surface area contributed by atoms with E-state index >= 15 is 0 Å². The van der Waals surface area contributed by atoms with Crippen molar-refractivity contribution in [3.63, 3.8) is 0 Å². The Bertz CT molecular complexity index is 584. The van der Waals surface area contributed by atoms with Crippen LogP contribution in [0.4, 0.5) is 4.39 Å². The zero-order chi connectivity index (χ0) is 16.4. The van der Waals surface area contributed by atoms with E-state index in [0.29, 0.717) is 19.5 Å². The third kappa shape index (κ3) is 3.26. The summed E-state index contributed by atoms with van der Waals surface area (Å²) in [7, 11) is 1.72. The number of hydrogen-bond acceptors (Lipinski definition) is 3. The Labute approximate surface area is 136 Å². The first-order valence-corrected chi connectivity index (χ1v) is 8.24. The number of hydrogen-bond donors (Lipinski definition) is 0. The van der Waals surface area contributed by atoms with Crippen molar-refractivity contribution in [2.75, 3.05) is 26.8 Å². The molecular formula is C18H24FNO3. The summed E-state index contributed by atoms with van der Waals surface area (Å²) in [6, 6.07) is 4.59. The third-order valence-corrected chi connectivity index (χ3v) is 5.12. The summed E-state index contributed by atoms with van der Waals surface area (Å²) < 4.78 is 24.8. The number of amides is 1. The van der Waals surface area contributed by atoms with Gasteiger partial charge in [-0.3, -0.25) is 4.79 Å². The summed E-state index contributed by atoms with van der Waals surface area (Å²) >= 11 is 0. The quantitative estimate of drug-likeness (QED) is 0.858. The predicted molar refractivity (Wildman–Crippen MR) is 84.8 cm³/mol. The minimum atomic E-state index is -0.347. The number of aryl methyl sites for hydroxylation is 1. The Morgan fingerprint density at radius 1 is 1.52 bits per heavy atom. The van der Waals surface area contributed by atoms with Gasteiger partial charge < -0.3 is 14.4 Å². The van der Waals surface area contributed by atoms with Crippen LogP contribution in [-0.2, 0) is 20.7 Å². The molecule has 5 heteroatoms. The second kappa shape index (κ2) is 6.57. The second-order valence-corrected chi connectivity index (χ2v) is 6.59. The van der Waals surface area contributed by atoms with Gasteiger partial charge in [0, 0.05) is 20.3 Å². The van der Waals surface area contributed by atoms with Crippen LogP contribution < -0.4 is 0 Å². The van der Waals surface area contributed by atoms with Crippen molar-refractivity contribution < 1.29 is 18.7 Å². The number of benzene rings is 1. The molecule has 2 saturated heterocycles. The molecule has 1 aromatic rings. The number of methoxy groups -OCH3 is 1. The number of nitrogens with zero attached hydrogens (tertiary/aromatic N) is 1. The van der Waals surface area contributed by atoms with Gasteiger partial charge in [-0.2, -0.15) is 0 Å². The number of halogens is 1. The van der Waals surface area contributed by atoms with Gasteiger partial charge in [0.05, 0.1) is 19.1 Å².